The van der Waals surface area contributed by atoms with Gasteiger partial charge in [0.25, 0.3) is 5.69 Å². The first-order chi connectivity index (χ1) is 8.36. The highest BCUT2D eigenvalue weighted by Crippen LogP contribution is 2.34. The Labute approximate surface area is 98.7 Å². The number of benzene rings is 1. The molecule has 18 heavy (non-hydrogen) atoms. The quantitative estimate of drug-likeness (QED) is 0.643. The number of halogens is 2. The molecule has 98 valence electrons. The summed E-state index contributed by atoms with van der Waals surface area (Å²) in [6, 6.07) is 1.43. The molecule has 0 saturated carbocycles. The van der Waals surface area contributed by atoms with Crippen molar-refractivity contribution in [1.82, 2.24) is 0 Å². The lowest BCUT2D eigenvalue weighted by molar-refractivity contribution is -0.385. The van der Waals surface area contributed by atoms with Gasteiger partial charge in [-0.15, -0.1) is 0 Å². The fourth-order valence-electron chi connectivity index (χ4n) is 1.27. The van der Waals surface area contributed by atoms with Crippen molar-refractivity contribution in [2.45, 2.75) is 6.61 Å². The molecule has 0 aliphatic rings. The minimum atomic E-state index is -3.19. The average Bonchev–Trinajstić information content (AvgIpc) is 2.26. The lowest BCUT2D eigenvalue weighted by Gasteiger charge is -2.09. The van der Waals surface area contributed by atoms with Crippen LogP contribution in [-0.2, 0) is 0 Å². The Hall–Kier alpha value is -2.45. The van der Waals surface area contributed by atoms with Gasteiger partial charge in [-0.2, -0.15) is 8.78 Å². The summed E-state index contributed by atoms with van der Waals surface area (Å²) in [5, 5.41) is 19.5. The second-order valence-corrected chi connectivity index (χ2v) is 2.96. The largest absolute Gasteiger partial charge is 0.495 e. The highest BCUT2D eigenvalue weighted by molar-refractivity contribution is 5.96. The highest BCUT2D eigenvalue weighted by atomic mass is 19.3. The molecule has 0 aromatic heterocycles. The van der Waals surface area contributed by atoms with E-state index in [0.29, 0.717) is 6.07 Å². The molecule has 1 aromatic rings. The van der Waals surface area contributed by atoms with Crippen LogP contribution >= 0.6 is 0 Å². The van der Waals surface area contributed by atoms with Crippen molar-refractivity contribution in [3.8, 4) is 11.5 Å². The van der Waals surface area contributed by atoms with Gasteiger partial charge in [0.05, 0.1) is 18.1 Å². The van der Waals surface area contributed by atoms with Crippen molar-refractivity contribution in [3.05, 3.63) is 27.8 Å². The summed E-state index contributed by atoms with van der Waals surface area (Å²) < 4.78 is 32.6. The van der Waals surface area contributed by atoms with Gasteiger partial charge < -0.3 is 14.6 Å². The number of carboxylic acid groups (broad SMARTS) is 1. The lowest BCUT2D eigenvalue weighted by Crippen LogP contribution is -2.08. The maximum Gasteiger partial charge on any atom is 0.387 e. The highest BCUT2D eigenvalue weighted by Gasteiger charge is 2.27. The molecular weight excluding hydrogens is 256 g/mol. The van der Waals surface area contributed by atoms with Crippen LogP contribution in [0.4, 0.5) is 14.5 Å². The Kier molecular flexibility index (Phi) is 3.97. The maximum atomic E-state index is 12.0. The molecular formula is C9H7F2NO6. The Balaban J connectivity index is 3.43. The Morgan fingerprint density at radius 2 is 2.11 bits per heavy atom. The van der Waals surface area contributed by atoms with Crippen LogP contribution in [0.2, 0.25) is 0 Å². The van der Waals surface area contributed by atoms with Crippen molar-refractivity contribution in [2.75, 3.05) is 7.11 Å². The van der Waals surface area contributed by atoms with Crippen LogP contribution in [0.25, 0.3) is 0 Å². The number of ether oxygens (including phenoxy) is 2. The summed E-state index contributed by atoms with van der Waals surface area (Å²) in [5.74, 6) is -2.60. The molecule has 0 unspecified atom stereocenters. The Morgan fingerprint density at radius 3 is 2.50 bits per heavy atom. The number of methoxy groups -OCH3 is 1. The van der Waals surface area contributed by atoms with E-state index in [1.165, 1.54) is 0 Å². The van der Waals surface area contributed by atoms with E-state index >= 15 is 0 Å². The van der Waals surface area contributed by atoms with Crippen molar-refractivity contribution in [2.24, 2.45) is 0 Å². The molecule has 0 radical (unpaired) electrons. The number of aromatic carboxylic acids is 1. The van der Waals surface area contributed by atoms with E-state index in [0.717, 1.165) is 13.2 Å². The monoisotopic (exact) mass is 263 g/mol. The Bertz CT molecular complexity index is 490. The molecule has 0 heterocycles. The molecule has 1 N–H and O–H groups in total. The number of alkyl halides is 2. The van der Waals surface area contributed by atoms with E-state index in [1.54, 1.807) is 0 Å². The van der Waals surface area contributed by atoms with Crippen LogP contribution in [0.1, 0.15) is 10.4 Å². The molecule has 0 fully saturated rings. The molecule has 1 rings (SSSR count). The van der Waals surface area contributed by atoms with Crippen LogP contribution in [0.15, 0.2) is 12.1 Å². The molecule has 0 spiro atoms. The zero-order valence-electron chi connectivity index (χ0n) is 8.92. The van der Waals surface area contributed by atoms with Gasteiger partial charge in [-0.25, -0.2) is 4.79 Å². The smallest absolute Gasteiger partial charge is 0.387 e. The molecule has 0 bridgehead atoms. The summed E-state index contributed by atoms with van der Waals surface area (Å²) in [6.45, 7) is -3.19. The van der Waals surface area contributed by atoms with Crippen LogP contribution in [0, 0.1) is 10.1 Å². The third-order valence-corrected chi connectivity index (χ3v) is 1.91. The summed E-state index contributed by atoms with van der Waals surface area (Å²) >= 11 is 0. The second kappa shape index (κ2) is 5.25. The fraction of sp³-hybridized carbons (Fsp3) is 0.222. The summed E-state index contributed by atoms with van der Waals surface area (Å²) in [6.07, 6.45) is 0. The fourth-order valence-corrected chi connectivity index (χ4v) is 1.27. The minimum Gasteiger partial charge on any atom is -0.495 e. The summed E-state index contributed by atoms with van der Waals surface area (Å²) in [5.41, 5.74) is -1.62. The van der Waals surface area contributed by atoms with Crippen molar-refractivity contribution >= 4 is 11.7 Å². The number of hydrogen-bond donors (Lipinski definition) is 1. The second-order valence-electron chi connectivity index (χ2n) is 2.96. The SMILES string of the molecule is COc1cc(OC(F)F)cc([N+](=O)[O-])c1C(=O)O. The van der Waals surface area contributed by atoms with Gasteiger partial charge in [-0.1, -0.05) is 0 Å². The first kappa shape index (κ1) is 13.6. The van der Waals surface area contributed by atoms with Crippen molar-refractivity contribution in [3.63, 3.8) is 0 Å². The van der Waals surface area contributed by atoms with E-state index in [-0.39, 0.29) is 0 Å². The molecule has 0 atom stereocenters. The number of hydrogen-bond acceptors (Lipinski definition) is 5. The van der Waals surface area contributed by atoms with Crippen LogP contribution in [0.3, 0.4) is 0 Å². The van der Waals surface area contributed by atoms with Gasteiger partial charge in [0.2, 0.25) is 0 Å². The third-order valence-electron chi connectivity index (χ3n) is 1.91. The van der Waals surface area contributed by atoms with E-state index in [9.17, 15) is 23.7 Å². The van der Waals surface area contributed by atoms with Gasteiger partial charge in [0.1, 0.15) is 11.5 Å². The van der Waals surface area contributed by atoms with E-state index < -0.39 is 40.3 Å². The number of carboxylic acids is 1. The van der Waals surface area contributed by atoms with E-state index in [4.69, 9.17) is 5.11 Å². The van der Waals surface area contributed by atoms with Crippen LogP contribution in [0.5, 0.6) is 11.5 Å². The number of nitro benzene ring substituents is 1. The maximum absolute atomic E-state index is 12.0. The predicted molar refractivity (Wildman–Crippen MR) is 53.2 cm³/mol. The van der Waals surface area contributed by atoms with Crippen molar-refractivity contribution < 1.29 is 33.1 Å². The number of carbonyl (C=O) groups is 1. The average molecular weight is 263 g/mol. The van der Waals surface area contributed by atoms with Crippen LogP contribution < -0.4 is 9.47 Å². The number of nitrogens with zero attached hydrogens (tertiary/aromatic N) is 1. The first-order valence-corrected chi connectivity index (χ1v) is 4.41. The molecule has 0 saturated heterocycles. The Morgan fingerprint density at radius 1 is 1.50 bits per heavy atom. The van der Waals surface area contributed by atoms with Gasteiger partial charge in [0, 0.05) is 6.07 Å². The molecule has 0 aliphatic carbocycles. The predicted octanol–water partition coefficient (Wildman–Crippen LogP) is 1.90. The zero-order valence-corrected chi connectivity index (χ0v) is 8.92. The molecule has 0 aliphatic heterocycles. The molecule has 9 heteroatoms. The number of nitro groups is 1. The summed E-state index contributed by atoms with van der Waals surface area (Å²) in [4.78, 5) is 20.5. The minimum absolute atomic E-state index is 0.438. The lowest BCUT2D eigenvalue weighted by atomic mass is 10.1. The molecule has 7 nitrogen and oxygen atoms in total. The standard InChI is InChI=1S/C9H7F2NO6/c1-17-6-3-4(18-9(10)11)2-5(12(15)16)7(6)8(13)14/h2-3,9H,1H3,(H,13,14). The van der Waals surface area contributed by atoms with Gasteiger partial charge in [-0.05, 0) is 0 Å². The van der Waals surface area contributed by atoms with Gasteiger partial charge in [0.15, 0.2) is 5.56 Å². The van der Waals surface area contributed by atoms with E-state index in [2.05, 4.69) is 9.47 Å². The first-order valence-electron chi connectivity index (χ1n) is 4.41. The normalized spacial score (nSPS) is 10.2. The van der Waals surface area contributed by atoms with Crippen molar-refractivity contribution in [1.29, 1.82) is 0 Å². The van der Waals surface area contributed by atoms with Gasteiger partial charge in [-0.3, -0.25) is 10.1 Å². The van der Waals surface area contributed by atoms with Gasteiger partial charge >= 0.3 is 12.6 Å². The van der Waals surface area contributed by atoms with E-state index in [1.807, 2.05) is 0 Å². The molecule has 1 aromatic carbocycles. The third kappa shape index (κ3) is 2.81. The molecule has 0 amide bonds. The summed E-state index contributed by atoms with van der Waals surface area (Å²) in [7, 11) is 1.05. The van der Waals surface area contributed by atoms with Crippen LogP contribution in [-0.4, -0.2) is 29.7 Å². The number of rotatable bonds is 5. The topological polar surface area (TPSA) is 98.9 Å². The zero-order chi connectivity index (χ0) is 13.9.